The topological polar surface area (TPSA) is 41.5 Å². The third kappa shape index (κ3) is 2.68. The van der Waals surface area contributed by atoms with Crippen molar-refractivity contribution < 1.29 is 9.84 Å². The van der Waals surface area contributed by atoms with Crippen LogP contribution in [0.3, 0.4) is 0 Å². The molecule has 0 aliphatic heterocycles. The third-order valence-corrected chi connectivity index (χ3v) is 3.74. The van der Waals surface area contributed by atoms with Crippen LogP contribution in [0.1, 0.15) is 42.1 Å². The number of rotatable bonds is 4. The highest BCUT2D eigenvalue weighted by molar-refractivity contribution is 5.47. The average Bonchev–Trinajstić information content (AvgIpc) is 2.62. The number of ether oxygens (including phenoxy) is 1. The Morgan fingerprint density at radius 1 is 1.28 bits per heavy atom. The second-order valence-corrected chi connectivity index (χ2v) is 4.95. The Morgan fingerprint density at radius 3 is 2.78 bits per heavy atom. The lowest BCUT2D eigenvalue weighted by molar-refractivity contribution is 0.172. The molecule has 2 N–H and O–H groups in total. The van der Waals surface area contributed by atoms with Gasteiger partial charge < -0.3 is 15.2 Å². The van der Waals surface area contributed by atoms with Gasteiger partial charge in [-0.25, -0.2) is 0 Å². The van der Waals surface area contributed by atoms with E-state index in [1.54, 1.807) is 7.11 Å². The normalized spacial score (nSPS) is 16.8. The van der Waals surface area contributed by atoms with Crippen LogP contribution in [-0.4, -0.2) is 25.8 Å². The molecule has 0 amide bonds. The molecule has 1 aromatic carbocycles. The molecule has 3 heteroatoms. The van der Waals surface area contributed by atoms with Gasteiger partial charge in [0.05, 0.1) is 13.2 Å². The molecule has 1 unspecified atom stereocenters. The van der Waals surface area contributed by atoms with Gasteiger partial charge >= 0.3 is 0 Å². The van der Waals surface area contributed by atoms with Crippen LogP contribution in [-0.2, 0) is 12.8 Å². The number of aliphatic hydroxyl groups is 1. The zero-order valence-corrected chi connectivity index (χ0v) is 11.3. The van der Waals surface area contributed by atoms with Gasteiger partial charge in [-0.15, -0.1) is 0 Å². The highest BCUT2D eigenvalue weighted by atomic mass is 16.5. The first-order valence-corrected chi connectivity index (χ1v) is 6.79. The number of benzene rings is 1. The Hall–Kier alpha value is -1.06. The summed E-state index contributed by atoms with van der Waals surface area (Å²) in [7, 11) is 3.53. The summed E-state index contributed by atoms with van der Waals surface area (Å²) in [6, 6.07) is 4.16. The number of fused-ring (bicyclic) bond motifs is 1. The van der Waals surface area contributed by atoms with E-state index in [1.807, 2.05) is 13.1 Å². The summed E-state index contributed by atoms with van der Waals surface area (Å²) in [5, 5.41) is 13.4. The first-order valence-electron chi connectivity index (χ1n) is 6.79. The molecule has 2 rings (SSSR count). The minimum Gasteiger partial charge on any atom is -0.496 e. The molecule has 1 aromatic rings. The summed E-state index contributed by atoms with van der Waals surface area (Å²) in [6.45, 7) is 0.562. The zero-order valence-electron chi connectivity index (χ0n) is 11.3. The quantitative estimate of drug-likeness (QED) is 0.804. The molecular weight excluding hydrogens is 226 g/mol. The second-order valence-electron chi connectivity index (χ2n) is 4.95. The van der Waals surface area contributed by atoms with E-state index in [2.05, 4.69) is 11.4 Å². The highest BCUT2D eigenvalue weighted by Crippen LogP contribution is 2.34. The largest absolute Gasteiger partial charge is 0.496 e. The number of nitrogens with one attached hydrogen (secondary N) is 1. The summed E-state index contributed by atoms with van der Waals surface area (Å²) in [4.78, 5) is 0. The van der Waals surface area contributed by atoms with Gasteiger partial charge in [-0.05, 0) is 49.9 Å². The molecule has 0 bridgehead atoms. The van der Waals surface area contributed by atoms with E-state index < -0.39 is 6.10 Å². The van der Waals surface area contributed by atoms with Gasteiger partial charge in [0.15, 0.2) is 0 Å². The molecule has 0 saturated carbocycles. The van der Waals surface area contributed by atoms with Gasteiger partial charge in [-0.3, -0.25) is 0 Å². The van der Waals surface area contributed by atoms with Crippen molar-refractivity contribution in [3.63, 3.8) is 0 Å². The Bertz CT molecular complexity index is 404. The summed E-state index contributed by atoms with van der Waals surface area (Å²) in [5.74, 6) is 0.818. The van der Waals surface area contributed by atoms with Gasteiger partial charge in [0.2, 0.25) is 0 Å². The molecule has 0 aromatic heterocycles. The monoisotopic (exact) mass is 249 g/mol. The zero-order chi connectivity index (χ0) is 13.0. The molecule has 3 nitrogen and oxygen atoms in total. The minimum atomic E-state index is -0.488. The van der Waals surface area contributed by atoms with Crippen molar-refractivity contribution >= 4 is 0 Å². The molecule has 100 valence electrons. The molecule has 1 atom stereocenters. The molecule has 1 aliphatic carbocycles. The van der Waals surface area contributed by atoms with E-state index in [0.717, 1.165) is 24.2 Å². The van der Waals surface area contributed by atoms with Crippen molar-refractivity contribution in [3.05, 3.63) is 28.8 Å². The Balaban J connectivity index is 2.45. The lowest BCUT2D eigenvalue weighted by atomic mass is 9.93. The van der Waals surface area contributed by atoms with Crippen LogP contribution in [0.2, 0.25) is 0 Å². The van der Waals surface area contributed by atoms with E-state index in [-0.39, 0.29) is 0 Å². The Kier molecular flexibility index (Phi) is 4.61. The summed E-state index contributed by atoms with van der Waals surface area (Å²) in [6.07, 6.45) is 5.43. The summed E-state index contributed by atoms with van der Waals surface area (Å²) in [5.41, 5.74) is 3.69. The van der Waals surface area contributed by atoms with Crippen molar-refractivity contribution in [1.82, 2.24) is 5.32 Å². The lowest BCUT2D eigenvalue weighted by Crippen LogP contribution is -2.19. The lowest BCUT2D eigenvalue weighted by Gasteiger charge is -2.20. The fourth-order valence-electron chi connectivity index (χ4n) is 2.85. The maximum atomic E-state index is 10.3. The minimum absolute atomic E-state index is 0.488. The predicted molar refractivity (Wildman–Crippen MR) is 73.1 cm³/mol. The second kappa shape index (κ2) is 6.21. The number of aryl methyl sites for hydroxylation is 1. The van der Waals surface area contributed by atoms with Crippen LogP contribution in [0.15, 0.2) is 12.1 Å². The summed E-state index contributed by atoms with van der Waals surface area (Å²) < 4.78 is 5.43. The van der Waals surface area contributed by atoms with E-state index >= 15 is 0 Å². The Labute approximate surface area is 109 Å². The van der Waals surface area contributed by atoms with Crippen LogP contribution < -0.4 is 10.1 Å². The van der Waals surface area contributed by atoms with Crippen LogP contribution >= 0.6 is 0 Å². The predicted octanol–water partition coefficient (Wildman–Crippen LogP) is 2.22. The van der Waals surface area contributed by atoms with Gasteiger partial charge in [0.25, 0.3) is 0 Å². The number of likely N-dealkylation sites (N-methyl/N-ethyl adjacent to an activating group) is 1. The Morgan fingerprint density at radius 2 is 2.06 bits per heavy atom. The first-order chi connectivity index (χ1) is 8.77. The molecular formula is C15H23NO2. The number of methoxy groups -OCH3 is 1. The van der Waals surface area contributed by atoms with Crippen LogP contribution in [0.4, 0.5) is 0 Å². The van der Waals surface area contributed by atoms with E-state index in [4.69, 9.17) is 4.74 Å². The molecule has 0 heterocycles. The van der Waals surface area contributed by atoms with E-state index in [0.29, 0.717) is 6.54 Å². The standard InChI is InChI=1S/C15H23NO2/c1-16-10-13(17)15-12-7-5-3-4-6-11(12)8-9-14(15)18-2/h8-9,13,16-17H,3-7,10H2,1-2H3. The molecule has 0 saturated heterocycles. The van der Waals surface area contributed by atoms with Crippen molar-refractivity contribution in [3.8, 4) is 5.75 Å². The average molecular weight is 249 g/mol. The van der Waals surface area contributed by atoms with Crippen molar-refractivity contribution in [2.45, 2.75) is 38.2 Å². The number of hydrogen-bond donors (Lipinski definition) is 2. The first kappa shape index (κ1) is 13.4. The van der Waals surface area contributed by atoms with Gasteiger partial charge in [0.1, 0.15) is 5.75 Å². The van der Waals surface area contributed by atoms with Gasteiger partial charge in [-0.1, -0.05) is 12.5 Å². The summed E-state index contributed by atoms with van der Waals surface area (Å²) >= 11 is 0. The fraction of sp³-hybridized carbons (Fsp3) is 0.600. The molecule has 18 heavy (non-hydrogen) atoms. The van der Waals surface area contributed by atoms with Crippen LogP contribution in [0.25, 0.3) is 0 Å². The smallest absolute Gasteiger partial charge is 0.125 e. The highest BCUT2D eigenvalue weighted by Gasteiger charge is 2.21. The third-order valence-electron chi connectivity index (χ3n) is 3.74. The van der Waals surface area contributed by atoms with E-state index in [9.17, 15) is 5.11 Å². The fourth-order valence-corrected chi connectivity index (χ4v) is 2.85. The van der Waals surface area contributed by atoms with Crippen LogP contribution in [0, 0.1) is 0 Å². The maximum Gasteiger partial charge on any atom is 0.125 e. The SMILES string of the molecule is CNCC(O)c1c(OC)ccc2c1CCCCC2. The van der Waals surface area contributed by atoms with Gasteiger partial charge in [-0.2, -0.15) is 0 Å². The molecule has 0 radical (unpaired) electrons. The molecule has 1 aliphatic rings. The van der Waals surface area contributed by atoms with Crippen LogP contribution in [0.5, 0.6) is 5.75 Å². The van der Waals surface area contributed by atoms with E-state index in [1.165, 1.54) is 30.4 Å². The molecule has 0 spiro atoms. The van der Waals surface area contributed by atoms with Crippen molar-refractivity contribution in [2.75, 3.05) is 20.7 Å². The van der Waals surface area contributed by atoms with Gasteiger partial charge in [0, 0.05) is 12.1 Å². The number of hydrogen-bond acceptors (Lipinski definition) is 3. The maximum absolute atomic E-state index is 10.3. The number of aliphatic hydroxyl groups excluding tert-OH is 1. The van der Waals surface area contributed by atoms with Crippen molar-refractivity contribution in [1.29, 1.82) is 0 Å². The van der Waals surface area contributed by atoms with Crippen molar-refractivity contribution in [2.24, 2.45) is 0 Å². The molecule has 0 fully saturated rings.